The molecule has 2 unspecified atom stereocenters. The first-order valence-electron chi connectivity index (χ1n) is 10.0. The summed E-state index contributed by atoms with van der Waals surface area (Å²) in [6.07, 6.45) is 3.56. The minimum absolute atomic E-state index is 0.174. The highest BCUT2D eigenvalue weighted by atomic mass is 35.5. The van der Waals surface area contributed by atoms with Gasteiger partial charge < -0.3 is 14.6 Å². The van der Waals surface area contributed by atoms with Crippen LogP contribution in [-0.4, -0.2) is 20.0 Å². The highest BCUT2D eigenvalue weighted by Gasteiger charge is 2.41. The van der Waals surface area contributed by atoms with Gasteiger partial charge in [0, 0.05) is 23.0 Å². The predicted octanol–water partition coefficient (Wildman–Crippen LogP) is 6.22. The Hall–Kier alpha value is -2.93. The van der Waals surface area contributed by atoms with E-state index in [4.69, 9.17) is 39.8 Å². The largest absolute Gasteiger partial charge is 0.459 e. The molecular formula is C24H18Cl2N4OS. The number of nitrogens with zero attached hydrogens (tertiary/aromatic N) is 3. The molecule has 4 aromatic rings. The third-order valence-corrected chi connectivity index (χ3v) is 6.27. The van der Waals surface area contributed by atoms with Crippen molar-refractivity contribution in [3.63, 3.8) is 0 Å². The second-order valence-corrected chi connectivity index (χ2v) is 8.63. The molecule has 1 aromatic carbocycles. The minimum atomic E-state index is -0.209. The first kappa shape index (κ1) is 20.9. The maximum absolute atomic E-state index is 6.41. The Morgan fingerprint density at radius 1 is 0.969 bits per heavy atom. The van der Waals surface area contributed by atoms with E-state index in [1.165, 1.54) is 0 Å². The molecule has 0 aliphatic carbocycles. The van der Waals surface area contributed by atoms with Gasteiger partial charge >= 0.3 is 0 Å². The number of hydrogen-bond acceptors (Lipinski definition) is 4. The van der Waals surface area contributed by atoms with Crippen LogP contribution in [0.15, 0.2) is 83.5 Å². The van der Waals surface area contributed by atoms with Gasteiger partial charge in [0.25, 0.3) is 0 Å². The van der Waals surface area contributed by atoms with Gasteiger partial charge in [0.1, 0.15) is 17.6 Å². The van der Waals surface area contributed by atoms with Crippen LogP contribution in [-0.2, 0) is 6.54 Å². The summed E-state index contributed by atoms with van der Waals surface area (Å²) in [7, 11) is 0. The molecule has 1 fully saturated rings. The van der Waals surface area contributed by atoms with Crippen molar-refractivity contribution in [1.29, 1.82) is 0 Å². The van der Waals surface area contributed by atoms with Crippen LogP contribution < -0.4 is 5.32 Å². The molecule has 2 atom stereocenters. The summed E-state index contributed by atoms with van der Waals surface area (Å²) < 4.78 is 6.33. The SMILES string of the molecule is S=C1NC(c2ccccn2)C(c2ccc(-c3ccc(Cl)cc3Cl)o2)N1Cc1ccccn1. The van der Waals surface area contributed by atoms with Crippen LogP contribution in [0.5, 0.6) is 0 Å². The summed E-state index contributed by atoms with van der Waals surface area (Å²) in [5, 5.41) is 5.15. The number of halogens is 2. The topological polar surface area (TPSA) is 54.2 Å². The first-order valence-corrected chi connectivity index (χ1v) is 11.2. The van der Waals surface area contributed by atoms with Gasteiger partial charge in [-0.25, -0.2) is 0 Å². The fourth-order valence-corrected chi connectivity index (χ4v) is 4.70. The number of hydrogen-bond donors (Lipinski definition) is 1. The van der Waals surface area contributed by atoms with E-state index in [0.29, 0.717) is 27.5 Å². The summed E-state index contributed by atoms with van der Waals surface area (Å²) in [6.45, 7) is 0.540. The van der Waals surface area contributed by atoms with E-state index >= 15 is 0 Å². The predicted molar refractivity (Wildman–Crippen MR) is 129 cm³/mol. The van der Waals surface area contributed by atoms with E-state index in [-0.39, 0.29) is 12.1 Å². The zero-order valence-corrected chi connectivity index (χ0v) is 19.1. The lowest BCUT2D eigenvalue weighted by atomic mass is 10.0. The van der Waals surface area contributed by atoms with E-state index in [2.05, 4.69) is 20.2 Å². The van der Waals surface area contributed by atoms with Crippen molar-refractivity contribution in [1.82, 2.24) is 20.2 Å². The highest BCUT2D eigenvalue weighted by Crippen LogP contribution is 2.42. The molecule has 160 valence electrons. The molecule has 8 heteroatoms. The molecule has 0 bridgehead atoms. The molecule has 0 radical (unpaired) electrons. The van der Waals surface area contributed by atoms with Gasteiger partial charge in [0.2, 0.25) is 0 Å². The second kappa shape index (κ2) is 8.90. The van der Waals surface area contributed by atoms with E-state index in [9.17, 15) is 0 Å². The van der Waals surface area contributed by atoms with Gasteiger partial charge in [-0.05, 0) is 66.8 Å². The lowest BCUT2D eigenvalue weighted by molar-refractivity contribution is 0.267. The molecule has 5 rings (SSSR count). The smallest absolute Gasteiger partial charge is 0.170 e. The van der Waals surface area contributed by atoms with Gasteiger partial charge in [0.15, 0.2) is 5.11 Å². The monoisotopic (exact) mass is 480 g/mol. The Morgan fingerprint density at radius 3 is 2.50 bits per heavy atom. The van der Waals surface area contributed by atoms with E-state index in [1.807, 2.05) is 54.6 Å². The molecule has 0 spiro atoms. The van der Waals surface area contributed by atoms with Gasteiger partial charge in [0.05, 0.1) is 29.0 Å². The van der Waals surface area contributed by atoms with Crippen LogP contribution in [0.4, 0.5) is 0 Å². The van der Waals surface area contributed by atoms with Crippen molar-refractivity contribution in [2.45, 2.75) is 18.6 Å². The molecule has 1 aliphatic rings. The van der Waals surface area contributed by atoms with Crippen molar-refractivity contribution >= 4 is 40.5 Å². The normalized spacial score (nSPS) is 18.1. The van der Waals surface area contributed by atoms with Crippen molar-refractivity contribution < 1.29 is 4.42 Å². The number of pyridine rings is 2. The van der Waals surface area contributed by atoms with Crippen molar-refractivity contribution in [3.8, 4) is 11.3 Å². The molecule has 0 amide bonds. The summed E-state index contributed by atoms with van der Waals surface area (Å²) in [4.78, 5) is 11.1. The lowest BCUT2D eigenvalue weighted by Crippen LogP contribution is -2.29. The summed E-state index contributed by atoms with van der Waals surface area (Å²) in [5.41, 5.74) is 2.57. The standard InChI is InChI=1S/C24H18Cl2N4OS/c25-15-7-8-17(18(26)13-15)20-9-10-21(31-20)23-22(19-6-2-4-12-28-19)29-24(32)30(23)14-16-5-1-3-11-27-16/h1-13,22-23H,14H2,(H,29,32). The molecule has 4 heterocycles. The maximum atomic E-state index is 6.41. The Balaban J connectivity index is 1.55. The third-order valence-electron chi connectivity index (χ3n) is 5.37. The van der Waals surface area contributed by atoms with E-state index in [1.54, 1.807) is 24.5 Å². The van der Waals surface area contributed by atoms with Crippen LogP contribution in [0.3, 0.4) is 0 Å². The second-order valence-electron chi connectivity index (χ2n) is 7.40. The molecule has 1 N–H and O–H groups in total. The molecule has 1 saturated heterocycles. The van der Waals surface area contributed by atoms with E-state index in [0.717, 1.165) is 22.7 Å². The molecule has 1 aliphatic heterocycles. The number of benzene rings is 1. The average Bonchev–Trinajstić information content (AvgIpc) is 3.40. The Bertz CT molecular complexity index is 1250. The number of aromatic nitrogens is 2. The van der Waals surface area contributed by atoms with Crippen molar-refractivity contribution in [2.75, 3.05) is 0 Å². The zero-order valence-electron chi connectivity index (χ0n) is 16.8. The number of nitrogens with one attached hydrogen (secondary N) is 1. The summed E-state index contributed by atoms with van der Waals surface area (Å²) >= 11 is 18.2. The van der Waals surface area contributed by atoms with Crippen LogP contribution in [0.25, 0.3) is 11.3 Å². The Morgan fingerprint density at radius 2 is 1.78 bits per heavy atom. The van der Waals surface area contributed by atoms with Gasteiger partial charge in [-0.1, -0.05) is 35.3 Å². The van der Waals surface area contributed by atoms with Crippen molar-refractivity contribution in [3.05, 3.63) is 106 Å². The molecule has 5 nitrogen and oxygen atoms in total. The number of rotatable bonds is 5. The Kier molecular flexibility index (Phi) is 5.83. The molecule has 0 saturated carbocycles. The van der Waals surface area contributed by atoms with Crippen LogP contribution in [0.2, 0.25) is 10.0 Å². The number of thiocarbonyl (C=S) groups is 1. The zero-order chi connectivity index (χ0) is 22.1. The fraction of sp³-hybridized carbons (Fsp3) is 0.125. The van der Waals surface area contributed by atoms with Gasteiger partial charge in [-0.2, -0.15) is 0 Å². The molecular weight excluding hydrogens is 463 g/mol. The van der Waals surface area contributed by atoms with Crippen LogP contribution in [0, 0.1) is 0 Å². The number of furan rings is 1. The van der Waals surface area contributed by atoms with Crippen LogP contribution >= 0.6 is 35.4 Å². The van der Waals surface area contributed by atoms with Crippen molar-refractivity contribution in [2.24, 2.45) is 0 Å². The van der Waals surface area contributed by atoms with Gasteiger partial charge in [-0.15, -0.1) is 0 Å². The molecule has 3 aromatic heterocycles. The van der Waals surface area contributed by atoms with Gasteiger partial charge in [-0.3, -0.25) is 9.97 Å². The average molecular weight is 481 g/mol. The summed E-state index contributed by atoms with van der Waals surface area (Å²) in [6, 6.07) is 20.5. The highest BCUT2D eigenvalue weighted by molar-refractivity contribution is 7.80. The lowest BCUT2D eigenvalue weighted by Gasteiger charge is -2.25. The quantitative estimate of drug-likeness (QED) is 0.342. The van der Waals surface area contributed by atoms with E-state index < -0.39 is 0 Å². The first-order chi connectivity index (χ1) is 15.6. The molecule has 32 heavy (non-hydrogen) atoms. The maximum Gasteiger partial charge on any atom is 0.170 e. The summed E-state index contributed by atoms with van der Waals surface area (Å²) in [5.74, 6) is 1.42. The van der Waals surface area contributed by atoms with Crippen LogP contribution in [0.1, 0.15) is 29.2 Å². The fourth-order valence-electron chi connectivity index (χ4n) is 3.90. The minimum Gasteiger partial charge on any atom is -0.459 e. The Labute approximate surface area is 201 Å². The third kappa shape index (κ3) is 4.09.